The zero-order chi connectivity index (χ0) is 14.5. The van der Waals surface area contributed by atoms with Gasteiger partial charge < -0.3 is 5.11 Å². The van der Waals surface area contributed by atoms with Crippen LogP contribution in [0, 0.1) is 5.41 Å². The van der Waals surface area contributed by atoms with Gasteiger partial charge in [0.1, 0.15) is 12.4 Å². The zero-order valence-corrected chi connectivity index (χ0v) is 12.1. The van der Waals surface area contributed by atoms with E-state index in [-0.39, 0.29) is 11.5 Å². The molecule has 5 nitrogen and oxygen atoms in total. The van der Waals surface area contributed by atoms with Crippen LogP contribution in [0.2, 0.25) is 0 Å². The van der Waals surface area contributed by atoms with Crippen molar-refractivity contribution in [2.45, 2.75) is 52.6 Å². The minimum atomic E-state index is -0.812. The van der Waals surface area contributed by atoms with Crippen molar-refractivity contribution >= 4 is 5.97 Å². The largest absolute Gasteiger partial charge is 0.480 e. The van der Waals surface area contributed by atoms with E-state index in [1.807, 2.05) is 6.92 Å². The van der Waals surface area contributed by atoms with Gasteiger partial charge in [-0.05, 0) is 25.2 Å². The number of nitrogens with zero attached hydrogens (tertiary/aromatic N) is 2. The number of aromatic nitrogens is 2. The van der Waals surface area contributed by atoms with Crippen molar-refractivity contribution in [3.05, 3.63) is 24.3 Å². The Hall–Kier alpha value is -1.49. The number of carbonyl (C=O) groups is 1. The summed E-state index contributed by atoms with van der Waals surface area (Å²) in [6.07, 6.45) is 6.33. The summed E-state index contributed by atoms with van der Waals surface area (Å²) in [7, 11) is 0. The average Bonchev–Trinajstić information content (AvgIpc) is 2.33. The quantitative estimate of drug-likeness (QED) is 0.826. The number of carboxylic acids is 1. The Labute approximate surface area is 114 Å². The monoisotopic (exact) mass is 265 g/mol. The first kappa shape index (κ1) is 15.6. The Morgan fingerprint density at radius 3 is 2.42 bits per heavy atom. The first-order chi connectivity index (χ1) is 8.79. The summed E-state index contributed by atoms with van der Waals surface area (Å²) >= 11 is 0. The van der Waals surface area contributed by atoms with E-state index in [1.54, 1.807) is 12.4 Å². The van der Waals surface area contributed by atoms with Gasteiger partial charge >= 0.3 is 5.97 Å². The Balaban J connectivity index is 2.61. The van der Waals surface area contributed by atoms with Gasteiger partial charge in [0.2, 0.25) is 0 Å². The molecule has 1 heterocycles. The first-order valence-electron chi connectivity index (χ1n) is 6.53. The maximum absolute atomic E-state index is 11.3. The fourth-order valence-corrected chi connectivity index (χ4v) is 1.79. The summed E-state index contributed by atoms with van der Waals surface area (Å²) in [5, 5.41) is 12.4. The molecule has 2 atom stereocenters. The summed E-state index contributed by atoms with van der Waals surface area (Å²) in [6, 6.07) is -0.628. The van der Waals surface area contributed by atoms with E-state index in [2.05, 4.69) is 36.1 Å². The molecule has 0 aliphatic carbocycles. The highest BCUT2D eigenvalue weighted by atomic mass is 16.4. The Bertz CT molecular complexity index is 401. The lowest BCUT2D eigenvalue weighted by molar-refractivity contribution is -0.140. The van der Waals surface area contributed by atoms with Crippen molar-refractivity contribution in [1.29, 1.82) is 0 Å². The van der Waals surface area contributed by atoms with Gasteiger partial charge in [-0.25, -0.2) is 9.97 Å². The van der Waals surface area contributed by atoms with E-state index in [9.17, 15) is 9.90 Å². The fraction of sp³-hybridized carbons (Fsp3) is 0.643. The van der Waals surface area contributed by atoms with E-state index < -0.39 is 12.0 Å². The molecule has 19 heavy (non-hydrogen) atoms. The van der Waals surface area contributed by atoms with E-state index in [1.165, 1.54) is 6.33 Å². The second kappa shape index (κ2) is 6.61. The molecule has 0 aromatic carbocycles. The number of nitrogens with one attached hydrogen (secondary N) is 1. The first-order valence-corrected chi connectivity index (χ1v) is 6.53. The molecule has 0 spiro atoms. The molecule has 106 valence electrons. The fourth-order valence-electron chi connectivity index (χ4n) is 1.79. The summed E-state index contributed by atoms with van der Waals surface area (Å²) < 4.78 is 0. The van der Waals surface area contributed by atoms with Gasteiger partial charge in [-0.2, -0.15) is 0 Å². The second-order valence-electron chi connectivity index (χ2n) is 6.05. The maximum Gasteiger partial charge on any atom is 0.320 e. The van der Waals surface area contributed by atoms with E-state index in [0.29, 0.717) is 6.42 Å². The normalized spacial score (nSPS) is 14.9. The third-order valence-corrected chi connectivity index (χ3v) is 3.01. The minimum absolute atomic E-state index is 0.0812. The Kier molecular flexibility index (Phi) is 5.42. The van der Waals surface area contributed by atoms with Crippen molar-refractivity contribution in [2.75, 3.05) is 0 Å². The second-order valence-corrected chi connectivity index (χ2v) is 6.05. The van der Waals surface area contributed by atoms with Crippen LogP contribution in [0.15, 0.2) is 18.7 Å². The minimum Gasteiger partial charge on any atom is -0.480 e. The lowest BCUT2D eigenvalue weighted by Crippen LogP contribution is -2.39. The van der Waals surface area contributed by atoms with Crippen LogP contribution in [0.1, 0.15) is 52.1 Å². The SMILES string of the molecule is C[C@H](N[C@@H](CCC(C)(C)C)C(=O)O)c1cncnc1. The molecule has 0 aliphatic rings. The lowest BCUT2D eigenvalue weighted by atomic mass is 9.88. The predicted molar refractivity (Wildman–Crippen MR) is 73.7 cm³/mol. The van der Waals surface area contributed by atoms with Gasteiger partial charge in [-0.3, -0.25) is 10.1 Å². The number of rotatable bonds is 6. The van der Waals surface area contributed by atoms with Crippen LogP contribution < -0.4 is 5.32 Å². The van der Waals surface area contributed by atoms with Gasteiger partial charge in [0.05, 0.1) is 0 Å². The molecule has 0 saturated heterocycles. The summed E-state index contributed by atoms with van der Waals surface area (Å²) in [5.74, 6) is -0.812. The molecule has 0 fully saturated rings. The van der Waals surface area contributed by atoms with Crippen molar-refractivity contribution in [1.82, 2.24) is 15.3 Å². The highest BCUT2D eigenvalue weighted by Crippen LogP contribution is 2.22. The topological polar surface area (TPSA) is 75.1 Å². The van der Waals surface area contributed by atoms with Crippen LogP contribution in [0.25, 0.3) is 0 Å². The maximum atomic E-state index is 11.3. The molecule has 0 bridgehead atoms. The van der Waals surface area contributed by atoms with Gasteiger partial charge in [0.25, 0.3) is 0 Å². The Morgan fingerprint density at radius 1 is 1.37 bits per heavy atom. The van der Waals surface area contributed by atoms with Gasteiger partial charge in [-0.1, -0.05) is 20.8 Å². The van der Waals surface area contributed by atoms with Crippen LogP contribution in [0.5, 0.6) is 0 Å². The molecule has 5 heteroatoms. The molecule has 0 unspecified atom stereocenters. The number of aliphatic carboxylic acids is 1. The molecule has 1 aromatic heterocycles. The zero-order valence-electron chi connectivity index (χ0n) is 12.1. The highest BCUT2D eigenvalue weighted by Gasteiger charge is 2.22. The van der Waals surface area contributed by atoms with Gasteiger partial charge in [0.15, 0.2) is 0 Å². The molecular formula is C14H23N3O2. The lowest BCUT2D eigenvalue weighted by Gasteiger charge is -2.24. The molecule has 0 amide bonds. The van der Waals surface area contributed by atoms with E-state index in [4.69, 9.17) is 0 Å². The molecule has 2 N–H and O–H groups in total. The standard InChI is InChI=1S/C14H23N3O2/c1-10(11-7-15-9-16-8-11)17-12(13(18)19)5-6-14(2,3)4/h7-10,12,17H,5-6H2,1-4H3,(H,18,19)/t10-,12-/m0/s1. The van der Waals surface area contributed by atoms with Crippen molar-refractivity contribution in [2.24, 2.45) is 5.41 Å². The van der Waals surface area contributed by atoms with Crippen molar-refractivity contribution in [3.8, 4) is 0 Å². The molecule has 1 rings (SSSR count). The van der Waals surface area contributed by atoms with Crippen LogP contribution in [-0.2, 0) is 4.79 Å². The molecule has 1 aromatic rings. The van der Waals surface area contributed by atoms with Crippen LogP contribution >= 0.6 is 0 Å². The summed E-state index contributed by atoms with van der Waals surface area (Å²) in [4.78, 5) is 19.2. The van der Waals surface area contributed by atoms with Gasteiger partial charge in [0, 0.05) is 24.0 Å². The summed E-state index contributed by atoms with van der Waals surface area (Å²) in [6.45, 7) is 8.26. The van der Waals surface area contributed by atoms with Crippen LogP contribution in [0.4, 0.5) is 0 Å². The third-order valence-electron chi connectivity index (χ3n) is 3.01. The molecule has 0 saturated carbocycles. The highest BCUT2D eigenvalue weighted by molar-refractivity contribution is 5.73. The Morgan fingerprint density at radius 2 is 1.95 bits per heavy atom. The van der Waals surface area contributed by atoms with Gasteiger partial charge in [-0.15, -0.1) is 0 Å². The van der Waals surface area contributed by atoms with Crippen LogP contribution in [0.3, 0.4) is 0 Å². The van der Waals surface area contributed by atoms with E-state index >= 15 is 0 Å². The summed E-state index contributed by atoms with van der Waals surface area (Å²) in [5.41, 5.74) is 1.03. The number of hydrogen-bond donors (Lipinski definition) is 2. The smallest absolute Gasteiger partial charge is 0.320 e. The molecule has 0 aliphatic heterocycles. The average molecular weight is 265 g/mol. The predicted octanol–water partition coefficient (Wildman–Crippen LogP) is 2.41. The van der Waals surface area contributed by atoms with Crippen molar-refractivity contribution < 1.29 is 9.90 Å². The number of carboxylic acid groups (broad SMARTS) is 1. The van der Waals surface area contributed by atoms with E-state index in [0.717, 1.165) is 12.0 Å². The number of hydrogen-bond acceptors (Lipinski definition) is 4. The van der Waals surface area contributed by atoms with Crippen molar-refractivity contribution in [3.63, 3.8) is 0 Å². The third kappa shape index (κ3) is 5.79. The molecule has 0 radical (unpaired) electrons. The molecular weight excluding hydrogens is 242 g/mol. The van der Waals surface area contributed by atoms with Crippen LogP contribution in [-0.4, -0.2) is 27.1 Å².